The van der Waals surface area contributed by atoms with Crippen LogP contribution in [-0.2, 0) is 16.1 Å². The number of carbonyl (C=O) groups is 2. The van der Waals surface area contributed by atoms with Gasteiger partial charge in [0.05, 0.1) is 12.5 Å². The molecule has 1 saturated heterocycles. The van der Waals surface area contributed by atoms with Crippen molar-refractivity contribution >= 4 is 11.8 Å². The lowest BCUT2D eigenvalue weighted by Crippen LogP contribution is -2.29. The standard InChI is InChI=1S/C16H14N2O2/c19-15-9-14(13-6-2-1-3-7-13)16(20)18(15)11-12-5-4-8-17-10-12/h1-8,10,14H,9,11H2/t14-/m0/s1. The van der Waals surface area contributed by atoms with E-state index < -0.39 is 0 Å². The van der Waals surface area contributed by atoms with Gasteiger partial charge in [-0.3, -0.25) is 19.5 Å². The predicted octanol–water partition coefficient (Wildman–Crippen LogP) is 2.12. The van der Waals surface area contributed by atoms with E-state index in [9.17, 15) is 9.59 Å². The van der Waals surface area contributed by atoms with Gasteiger partial charge in [0.1, 0.15) is 0 Å². The SMILES string of the molecule is O=C1C[C@@H](c2ccccc2)C(=O)N1Cc1cccnc1. The summed E-state index contributed by atoms with van der Waals surface area (Å²) in [4.78, 5) is 29.8. The van der Waals surface area contributed by atoms with Crippen LogP contribution < -0.4 is 0 Å². The smallest absolute Gasteiger partial charge is 0.237 e. The molecule has 0 saturated carbocycles. The molecular weight excluding hydrogens is 252 g/mol. The van der Waals surface area contributed by atoms with Crippen molar-refractivity contribution in [2.24, 2.45) is 0 Å². The highest BCUT2D eigenvalue weighted by atomic mass is 16.2. The van der Waals surface area contributed by atoms with Crippen LogP contribution in [0.3, 0.4) is 0 Å². The molecule has 3 rings (SSSR count). The largest absolute Gasteiger partial charge is 0.278 e. The molecule has 0 unspecified atom stereocenters. The zero-order valence-electron chi connectivity index (χ0n) is 10.9. The van der Waals surface area contributed by atoms with Gasteiger partial charge in [-0.2, -0.15) is 0 Å². The Morgan fingerprint density at radius 3 is 2.60 bits per heavy atom. The Hall–Kier alpha value is -2.49. The van der Waals surface area contributed by atoms with Gasteiger partial charge in [0.2, 0.25) is 11.8 Å². The van der Waals surface area contributed by atoms with Crippen LogP contribution in [-0.4, -0.2) is 21.7 Å². The van der Waals surface area contributed by atoms with E-state index in [4.69, 9.17) is 0 Å². The molecule has 1 aromatic carbocycles. The molecule has 1 atom stereocenters. The van der Waals surface area contributed by atoms with Gasteiger partial charge in [-0.25, -0.2) is 0 Å². The number of likely N-dealkylation sites (tertiary alicyclic amines) is 1. The molecule has 0 spiro atoms. The van der Waals surface area contributed by atoms with Crippen molar-refractivity contribution in [1.82, 2.24) is 9.88 Å². The molecule has 2 aromatic rings. The van der Waals surface area contributed by atoms with E-state index in [-0.39, 0.29) is 24.2 Å². The lowest BCUT2D eigenvalue weighted by atomic mass is 9.98. The van der Waals surface area contributed by atoms with Crippen LogP contribution in [0.25, 0.3) is 0 Å². The third kappa shape index (κ3) is 2.32. The van der Waals surface area contributed by atoms with Gasteiger partial charge < -0.3 is 0 Å². The molecule has 1 fully saturated rings. The van der Waals surface area contributed by atoms with E-state index in [1.807, 2.05) is 36.4 Å². The minimum atomic E-state index is -0.347. The quantitative estimate of drug-likeness (QED) is 0.800. The van der Waals surface area contributed by atoms with E-state index >= 15 is 0 Å². The zero-order valence-corrected chi connectivity index (χ0v) is 10.9. The summed E-state index contributed by atoms with van der Waals surface area (Å²) in [6.45, 7) is 0.300. The number of amides is 2. The number of aromatic nitrogens is 1. The van der Waals surface area contributed by atoms with E-state index in [1.54, 1.807) is 18.5 Å². The Morgan fingerprint density at radius 2 is 1.90 bits per heavy atom. The summed E-state index contributed by atoms with van der Waals surface area (Å²) in [5, 5.41) is 0. The molecular formula is C16H14N2O2. The maximum absolute atomic E-state index is 12.4. The van der Waals surface area contributed by atoms with Gasteiger partial charge in [-0.05, 0) is 17.2 Å². The first-order chi connectivity index (χ1) is 9.75. The fourth-order valence-electron chi connectivity index (χ4n) is 2.47. The topological polar surface area (TPSA) is 50.3 Å². The second-order valence-corrected chi connectivity index (χ2v) is 4.85. The normalized spacial score (nSPS) is 18.6. The Morgan fingerprint density at radius 1 is 1.10 bits per heavy atom. The van der Waals surface area contributed by atoms with Gasteiger partial charge >= 0.3 is 0 Å². The summed E-state index contributed by atoms with van der Waals surface area (Å²) in [7, 11) is 0. The molecule has 1 aliphatic rings. The molecule has 100 valence electrons. The maximum atomic E-state index is 12.4. The van der Waals surface area contributed by atoms with Crippen molar-refractivity contribution in [3.63, 3.8) is 0 Å². The first kappa shape index (κ1) is 12.5. The average Bonchev–Trinajstić information content (AvgIpc) is 2.77. The zero-order chi connectivity index (χ0) is 13.9. The van der Waals surface area contributed by atoms with Gasteiger partial charge in [0.25, 0.3) is 0 Å². The molecule has 2 heterocycles. The second kappa shape index (κ2) is 5.25. The monoisotopic (exact) mass is 266 g/mol. The highest BCUT2D eigenvalue weighted by molar-refractivity contribution is 6.06. The Balaban J connectivity index is 1.81. The van der Waals surface area contributed by atoms with Crippen LogP contribution in [0.4, 0.5) is 0 Å². The van der Waals surface area contributed by atoms with Crippen molar-refractivity contribution < 1.29 is 9.59 Å². The number of hydrogen-bond acceptors (Lipinski definition) is 3. The minimum Gasteiger partial charge on any atom is -0.278 e. The Labute approximate surface area is 117 Å². The summed E-state index contributed by atoms with van der Waals surface area (Å²) in [6.07, 6.45) is 3.60. The summed E-state index contributed by atoms with van der Waals surface area (Å²) in [6, 6.07) is 13.1. The van der Waals surface area contributed by atoms with Gasteiger partial charge in [-0.15, -0.1) is 0 Å². The molecule has 20 heavy (non-hydrogen) atoms. The van der Waals surface area contributed by atoms with Crippen LogP contribution in [0.5, 0.6) is 0 Å². The second-order valence-electron chi connectivity index (χ2n) is 4.85. The van der Waals surface area contributed by atoms with Crippen LogP contribution in [0, 0.1) is 0 Å². The molecule has 2 amide bonds. The average molecular weight is 266 g/mol. The third-order valence-electron chi connectivity index (χ3n) is 3.51. The van der Waals surface area contributed by atoms with Crippen molar-refractivity contribution in [1.29, 1.82) is 0 Å². The van der Waals surface area contributed by atoms with Crippen molar-refractivity contribution in [2.45, 2.75) is 18.9 Å². The molecule has 4 heteroatoms. The van der Waals surface area contributed by atoms with E-state index in [2.05, 4.69) is 4.98 Å². The first-order valence-electron chi connectivity index (χ1n) is 6.54. The number of carbonyl (C=O) groups excluding carboxylic acids is 2. The van der Waals surface area contributed by atoms with E-state index in [1.165, 1.54) is 4.90 Å². The van der Waals surface area contributed by atoms with Crippen LogP contribution in [0.2, 0.25) is 0 Å². The van der Waals surface area contributed by atoms with Gasteiger partial charge in [-0.1, -0.05) is 36.4 Å². The summed E-state index contributed by atoms with van der Waals surface area (Å²) >= 11 is 0. The van der Waals surface area contributed by atoms with Crippen molar-refractivity contribution in [3.05, 3.63) is 66.0 Å². The number of nitrogens with zero attached hydrogens (tertiary/aromatic N) is 2. The first-order valence-corrected chi connectivity index (χ1v) is 6.54. The number of pyridine rings is 1. The Bertz CT molecular complexity index is 625. The van der Waals surface area contributed by atoms with Crippen molar-refractivity contribution in [3.8, 4) is 0 Å². The van der Waals surface area contributed by atoms with Crippen molar-refractivity contribution in [2.75, 3.05) is 0 Å². The number of rotatable bonds is 3. The van der Waals surface area contributed by atoms with Crippen LogP contribution >= 0.6 is 0 Å². The summed E-state index contributed by atoms with van der Waals surface area (Å²) in [5.74, 6) is -0.585. The molecule has 1 aliphatic heterocycles. The number of benzene rings is 1. The predicted molar refractivity (Wildman–Crippen MR) is 73.6 cm³/mol. The lowest BCUT2D eigenvalue weighted by Gasteiger charge is -2.14. The highest BCUT2D eigenvalue weighted by Crippen LogP contribution is 2.30. The number of hydrogen-bond donors (Lipinski definition) is 0. The molecule has 0 radical (unpaired) electrons. The fourth-order valence-corrected chi connectivity index (χ4v) is 2.47. The van der Waals surface area contributed by atoms with Gasteiger partial charge in [0, 0.05) is 18.8 Å². The fraction of sp³-hybridized carbons (Fsp3) is 0.188. The third-order valence-corrected chi connectivity index (χ3v) is 3.51. The highest BCUT2D eigenvalue weighted by Gasteiger charge is 2.39. The lowest BCUT2D eigenvalue weighted by molar-refractivity contribution is -0.139. The molecule has 0 N–H and O–H groups in total. The van der Waals surface area contributed by atoms with E-state index in [0.29, 0.717) is 6.54 Å². The summed E-state index contributed by atoms with van der Waals surface area (Å²) < 4.78 is 0. The molecule has 4 nitrogen and oxygen atoms in total. The molecule has 1 aromatic heterocycles. The molecule has 0 aliphatic carbocycles. The Kier molecular flexibility index (Phi) is 3.29. The van der Waals surface area contributed by atoms with E-state index in [0.717, 1.165) is 11.1 Å². The van der Waals surface area contributed by atoms with Crippen LogP contribution in [0.1, 0.15) is 23.5 Å². The maximum Gasteiger partial charge on any atom is 0.237 e. The minimum absolute atomic E-state index is 0.118. The number of imide groups is 1. The summed E-state index contributed by atoms with van der Waals surface area (Å²) in [5.41, 5.74) is 1.77. The molecule has 0 bridgehead atoms. The van der Waals surface area contributed by atoms with Gasteiger partial charge in [0.15, 0.2) is 0 Å². The van der Waals surface area contributed by atoms with Crippen LogP contribution in [0.15, 0.2) is 54.9 Å².